The number of sulfonamides is 1. The van der Waals surface area contributed by atoms with Gasteiger partial charge in [0.1, 0.15) is 14.9 Å². The Morgan fingerprint density at radius 1 is 1.32 bits per heavy atom. The lowest BCUT2D eigenvalue weighted by Crippen LogP contribution is -2.38. The molecular weight excluding hydrogens is 439 g/mol. The Morgan fingerprint density at radius 2 is 2.07 bits per heavy atom. The fourth-order valence-electron chi connectivity index (χ4n) is 3.04. The van der Waals surface area contributed by atoms with Crippen LogP contribution >= 0.6 is 22.9 Å². The lowest BCUT2D eigenvalue weighted by molar-refractivity contribution is -0.137. The molecule has 2 heterocycles. The minimum absolute atomic E-state index is 0.226. The van der Waals surface area contributed by atoms with Crippen molar-refractivity contribution >= 4 is 33.0 Å². The normalized spacial score (nSPS) is 19.1. The van der Waals surface area contributed by atoms with E-state index in [0.29, 0.717) is 28.9 Å². The summed E-state index contributed by atoms with van der Waals surface area (Å²) in [6.45, 7) is 0.491. The Morgan fingerprint density at radius 3 is 2.71 bits per heavy atom. The zero-order valence-electron chi connectivity index (χ0n) is 14.7. The molecule has 2 aromatic rings. The molecule has 0 radical (unpaired) electrons. The van der Waals surface area contributed by atoms with Crippen LogP contribution in [0.1, 0.15) is 40.9 Å². The summed E-state index contributed by atoms with van der Waals surface area (Å²) in [6.07, 6.45) is -2.63. The van der Waals surface area contributed by atoms with Crippen LogP contribution < -0.4 is 0 Å². The van der Waals surface area contributed by atoms with E-state index in [4.69, 9.17) is 16.3 Å². The van der Waals surface area contributed by atoms with Gasteiger partial charge in [0.2, 0.25) is 10.0 Å². The van der Waals surface area contributed by atoms with Crippen LogP contribution in [0.25, 0.3) is 0 Å². The van der Waals surface area contributed by atoms with Crippen LogP contribution in [0.2, 0.25) is 5.02 Å². The molecule has 0 amide bonds. The molecule has 1 aliphatic heterocycles. The molecule has 0 bridgehead atoms. The minimum atomic E-state index is -4.61. The van der Waals surface area contributed by atoms with E-state index in [0.717, 1.165) is 18.6 Å². The summed E-state index contributed by atoms with van der Waals surface area (Å²) in [5.74, 6) is 0. The first-order chi connectivity index (χ1) is 13.1. The topological polar surface area (TPSA) is 72.4 Å². The van der Waals surface area contributed by atoms with E-state index in [1.165, 1.54) is 22.8 Å². The smallest absolute Gasteiger partial charge is 0.377 e. The van der Waals surface area contributed by atoms with E-state index < -0.39 is 32.8 Å². The molecule has 6 nitrogen and oxygen atoms in total. The Kier molecular flexibility index (Phi) is 6.30. The first kappa shape index (κ1) is 21.4. The lowest BCUT2D eigenvalue weighted by atomic mass is 10.1. The Hall–Kier alpha value is -1.27. The number of alkyl halides is 3. The van der Waals surface area contributed by atoms with Gasteiger partial charge in [0.15, 0.2) is 0 Å². The van der Waals surface area contributed by atoms with E-state index in [1.54, 1.807) is 0 Å². The second kappa shape index (κ2) is 8.23. The van der Waals surface area contributed by atoms with Crippen molar-refractivity contribution in [3.63, 3.8) is 0 Å². The van der Waals surface area contributed by atoms with Crippen LogP contribution in [0.3, 0.4) is 0 Å². The van der Waals surface area contributed by atoms with Crippen molar-refractivity contribution in [3.05, 3.63) is 38.8 Å². The first-order valence-corrected chi connectivity index (χ1v) is 11.0. The summed E-state index contributed by atoms with van der Waals surface area (Å²) in [6, 6.07) is 1.72. The highest BCUT2D eigenvalue weighted by Crippen LogP contribution is 2.39. The largest absolute Gasteiger partial charge is 0.416 e. The van der Waals surface area contributed by atoms with E-state index in [2.05, 4.69) is 10.2 Å². The molecular formula is C16H17ClF3N3O3S2. The van der Waals surface area contributed by atoms with Gasteiger partial charge in [-0.3, -0.25) is 0 Å². The van der Waals surface area contributed by atoms with Gasteiger partial charge in [0.05, 0.1) is 23.2 Å². The number of piperidine rings is 1. The summed E-state index contributed by atoms with van der Waals surface area (Å²) < 4.78 is 71.2. The maximum atomic E-state index is 13.2. The highest BCUT2D eigenvalue weighted by Gasteiger charge is 2.38. The SMILES string of the molecule is COCc1nnc(C2CCCCN2S(=O)(=O)c2ccc(C(F)(F)F)cc2Cl)s1. The van der Waals surface area contributed by atoms with Crippen molar-refractivity contribution in [3.8, 4) is 0 Å². The number of hydrogen-bond acceptors (Lipinski definition) is 6. The van der Waals surface area contributed by atoms with E-state index in [9.17, 15) is 21.6 Å². The predicted octanol–water partition coefficient (Wildman–Crippen LogP) is 4.27. The molecule has 1 aromatic heterocycles. The van der Waals surface area contributed by atoms with Crippen molar-refractivity contribution < 1.29 is 26.3 Å². The fraction of sp³-hybridized carbons (Fsp3) is 0.500. The van der Waals surface area contributed by atoms with Gasteiger partial charge in [0.25, 0.3) is 0 Å². The van der Waals surface area contributed by atoms with Crippen molar-refractivity contribution in [1.82, 2.24) is 14.5 Å². The zero-order valence-corrected chi connectivity index (χ0v) is 17.1. The molecule has 3 rings (SSSR count). The number of aromatic nitrogens is 2. The van der Waals surface area contributed by atoms with E-state index >= 15 is 0 Å². The number of methoxy groups -OCH3 is 1. The summed E-state index contributed by atoms with van der Waals surface area (Å²) in [4.78, 5) is -0.351. The average molecular weight is 456 g/mol. The number of nitrogens with zero attached hydrogens (tertiary/aromatic N) is 3. The van der Waals surface area contributed by atoms with Crippen LogP contribution in [0.4, 0.5) is 13.2 Å². The molecule has 1 saturated heterocycles. The number of rotatable bonds is 5. The third-order valence-electron chi connectivity index (χ3n) is 4.33. The summed E-state index contributed by atoms with van der Waals surface area (Å²) in [5, 5.41) is 8.77. The van der Waals surface area contributed by atoms with Crippen LogP contribution in [0.15, 0.2) is 23.1 Å². The van der Waals surface area contributed by atoms with Crippen molar-refractivity contribution in [2.24, 2.45) is 0 Å². The summed E-state index contributed by atoms with van der Waals surface area (Å²) in [5.41, 5.74) is -1.00. The molecule has 1 unspecified atom stereocenters. The second-order valence-corrected chi connectivity index (χ2v) is 9.60. The quantitative estimate of drug-likeness (QED) is 0.673. The van der Waals surface area contributed by atoms with Gasteiger partial charge in [0, 0.05) is 13.7 Å². The average Bonchev–Trinajstić information content (AvgIpc) is 3.09. The predicted molar refractivity (Wildman–Crippen MR) is 97.6 cm³/mol. The van der Waals surface area contributed by atoms with Gasteiger partial charge in [-0.25, -0.2) is 8.42 Å². The fourth-order valence-corrected chi connectivity index (χ4v) is 6.25. The molecule has 28 heavy (non-hydrogen) atoms. The Balaban J connectivity index is 1.96. The minimum Gasteiger partial charge on any atom is -0.377 e. The monoisotopic (exact) mass is 455 g/mol. The molecule has 1 fully saturated rings. The molecule has 0 N–H and O–H groups in total. The molecule has 0 spiro atoms. The zero-order chi connectivity index (χ0) is 20.5. The van der Waals surface area contributed by atoms with Gasteiger partial charge in [-0.05, 0) is 31.0 Å². The van der Waals surface area contributed by atoms with Gasteiger partial charge in [-0.2, -0.15) is 17.5 Å². The standard InChI is InChI=1S/C16H17ClF3N3O3S2/c1-26-9-14-21-22-15(27-14)12-4-2-3-7-23(12)28(24,25)13-6-5-10(8-11(13)17)16(18,19)20/h5-6,8,12H,2-4,7,9H2,1H3. The van der Waals surface area contributed by atoms with Crippen LogP contribution in [-0.4, -0.2) is 36.6 Å². The van der Waals surface area contributed by atoms with Crippen LogP contribution in [-0.2, 0) is 27.5 Å². The highest BCUT2D eigenvalue weighted by atomic mass is 35.5. The number of halogens is 4. The van der Waals surface area contributed by atoms with Gasteiger partial charge >= 0.3 is 6.18 Å². The Labute approximate surface area is 169 Å². The lowest BCUT2D eigenvalue weighted by Gasteiger charge is -2.33. The summed E-state index contributed by atoms with van der Waals surface area (Å²) >= 11 is 7.18. The molecule has 0 aliphatic carbocycles. The van der Waals surface area contributed by atoms with E-state index in [1.807, 2.05) is 0 Å². The number of ether oxygens (including phenoxy) is 1. The van der Waals surface area contributed by atoms with Crippen molar-refractivity contribution in [2.75, 3.05) is 13.7 Å². The van der Waals surface area contributed by atoms with Crippen molar-refractivity contribution in [2.45, 2.75) is 43.0 Å². The number of hydrogen-bond donors (Lipinski definition) is 0. The van der Waals surface area contributed by atoms with Gasteiger partial charge in [-0.1, -0.05) is 29.4 Å². The van der Waals surface area contributed by atoms with E-state index in [-0.39, 0.29) is 18.0 Å². The molecule has 154 valence electrons. The van der Waals surface area contributed by atoms with Crippen molar-refractivity contribution in [1.29, 1.82) is 0 Å². The highest BCUT2D eigenvalue weighted by molar-refractivity contribution is 7.89. The van der Waals surface area contributed by atoms with Gasteiger partial charge in [-0.15, -0.1) is 10.2 Å². The maximum Gasteiger partial charge on any atom is 0.416 e. The van der Waals surface area contributed by atoms with Gasteiger partial charge < -0.3 is 4.74 Å². The Bertz CT molecular complexity index is 950. The maximum absolute atomic E-state index is 13.2. The third kappa shape index (κ3) is 4.33. The molecule has 1 aromatic carbocycles. The molecule has 12 heteroatoms. The molecule has 1 aliphatic rings. The molecule has 0 saturated carbocycles. The molecule has 1 atom stereocenters. The third-order valence-corrected chi connectivity index (χ3v) is 7.72. The van der Waals surface area contributed by atoms with Crippen LogP contribution in [0, 0.1) is 0 Å². The summed E-state index contributed by atoms with van der Waals surface area (Å²) in [7, 11) is -2.59. The number of benzene rings is 1. The second-order valence-electron chi connectivity index (χ2n) is 6.24. The van der Waals surface area contributed by atoms with Crippen LogP contribution in [0.5, 0.6) is 0 Å². The first-order valence-electron chi connectivity index (χ1n) is 8.34.